The smallest absolute Gasteiger partial charge is 0.0286 e. The minimum absolute atomic E-state index is 0.155. The molecule has 0 nitrogen and oxygen atoms in total. The van der Waals surface area contributed by atoms with Gasteiger partial charge in [-0.2, -0.15) is 0 Å². The molecule has 1 unspecified atom stereocenters. The molecule has 0 spiro atoms. The van der Waals surface area contributed by atoms with E-state index >= 15 is 0 Å². The summed E-state index contributed by atoms with van der Waals surface area (Å²) in [6.45, 7) is 8.62. The van der Waals surface area contributed by atoms with Crippen molar-refractivity contribution < 1.29 is 0 Å². The standard InChI is InChI=1S/C9H20P/c1-4-6-7-8-9-10(3)5-2/h3-9H2,1-2H3. The SMILES string of the molecule is [CH2]P(CC)CCCCCC. The summed E-state index contributed by atoms with van der Waals surface area (Å²) in [5.41, 5.74) is 0. The van der Waals surface area contributed by atoms with Gasteiger partial charge in [0.25, 0.3) is 0 Å². The van der Waals surface area contributed by atoms with Crippen LogP contribution in [0.5, 0.6) is 0 Å². The summed E-state index contributed by atoms with van der Waals surface area (Å²) < 4.78 is 0. The van der Waals surface area contributed by atoms with Crippen LogP contribution in [0.2, 0.25) is 0 Å². The van der Waals surface area contributed by atoms with Crippen LogP contribution in [0.15, 0.2) is 0 Å². The maximum absolute atomic E-state index is 4.12. The summed E-state index contributed by atoms with van der Waals surface area (Å²) in [4.78, 5) is 0. The van der Waals surface area contributed by atoms with Crippen molar-refractivity contribution in [1.82, 2.24) is 0 Å². The van der Waals surface area contributed by atoms with Crippen molar-refractivity contribution in [3.63, 3.8) is 0 Å². The topological polar surface area (TPSA) is 0 Å². The van der Waals surface area contributed by atoms with Gasteiger partial charge in [-0.05, 0) is 25.4 Å². The first-order valence-corrected chi connectivity index (χ1v) is 6.26. The summed E-state index contributed by atoms with van der Waals surface area (Å²) >= 11 is 0. The van der Waals surface area contributed by atoms with Crippen molar-refractivity contribution in [3.05, 3.63) is 6.66 Å². The zero-order chi connectivity index (χ0) is 7.82. The van der Waals surface area contributed by atoms with Crippen LogP contribution in [0.3, 0.4) is 0 Å². The Bertz CT molecular complexity index is 61.7. The fourth-order valence-electron chi connectivity index (χ4n) is 0.920. The van der Waals surface area contributed by atoms with Crippen molar-refractivity contribution in [2.45, 2.75) is 39.5 Å². The molecule has 0 saturated heterocycles. The predicted octanol–water partition coefficient (Wildman–Crippen LogP) is 3.86. The van der Waals surface area contributed by atoms with Crippen molar-refractivity contribution in [1.29, 1.82) is 0 Å². The van der Waals surface area contributed by atoms with Crippen LogP contribution in [-0.4, -0.2) is 12.3 Å². The van der Waals surface area contributed by atoms with E-state index in [1.165, 1.54) is 38.0 Å². The van der Waals surface area contributed by atoms with Gasteiger partial charge < -0.3 is 0 Å². The molecule has 61 valence electrons. The van der Waals surface area contributed by atoms with Gasteiger partial charge in [0.15, 0.2) is 0 Å². The van der Waals surface area contributed by atoms with E-state index < -0.39 is 0 Å². The zero-order valence-electron chi connectivity index (χ0n) is 7.40. The van der Waals surface area contributed by atoms with E-state index in [1.807, 2.05) is 0 Å². The predicted molar refractivity (Wildman–Crippen MR) is 51.8 cm³/mol. The summed E-state index contributed by atoms with van der Waals surface area (Å²) in [5.74, 6) is 0. The second kappa shape index (κ2) is 7.54. The Morgan fingerprint density at radius 2 is 1.80 bits per heavy atom. The maximum Gasteiger partial charge on any atom is -0.0286 e. The molecule has 10 heavy (non-hydrogen) atoms. The summed E-state index contributed by atoms with van der Waals surface area (Å²) in [6.07, 6.45) is 8.29. The van der Waals surface area contributed by atoms with Gasteiger partial charge in [0.05, 0.1) is 0 Å². The lowest BCUT2D eigenvalue weighted by atomic mass is 10.2. The van der Waals surface area contributed by atoms with Crippen LogP contribution in [0, 0.1) is 6.66 Å². The summed E-state index contributed by atoms with van der Waals surface area (Å²) in [6, 6.07) is 0. The molecule has 0 amide bonds. The Kier molecular flexibility index (Phi) is 7.86. The lowest BCUT2D eigenvalue weighted by Gasteiger charge is -2.07. The molecular weight excluding hydrogens is 139 g/mol. The maximum atomic E-state index is 4.12. The third kappa shape index (κ3) is 6.55. The largest absolute Gasteiger partial charge is 0.107 e. The van der Waals surface area contributed by atoms with Crippen LogP contribution < -0.4 is 0 Å². The molecule has 0 aromatic heterocycles. The van der Waals surface area contributed by atoms with Gasteiger partial charge in [0.2, 0.25) is 0 Å². The highest BCUT2D eigenvalue weighted by atomic mass is 31.1. The molecule has 0 aromatic rings. The molecule has 0 heterocycles. The fourth-order valence-corrected chi connectivity index (χ4v) is 1.91. The molecule has 0 aliphatic carbocycles. The highest BCUT2D eigenvalue weighted by molar-refractivity contribution is 7.58. The third-order valence-corrected chi connectivity index (χ3v) is 3.62. The Morgan fingerprint density at radius 3 is 2.30 bits per heavy atom. The van der Waals surface area contributed by atoms with Gasteiger partial charge in [-0.25, -0.2) is 0 Å². The lowest BCUT2D eigenvalue weighted by molar-refractivity contribution is 0.705. The molecule has 0 saturated carbocycles. The first-order chi connectivity index (χ1) is 4.81. The highest BCUT2D eigenvalue weighted by Gasteiger charge is 1.95. The van der Waals surface area contributed by atoms with E-state index in [0.29, 0.717) is 0 Å². The van der Waals surface area contributed by atoms with E-state index in [2.05, 4.69) is 20.5 Å². The van der Waals surface area contributed by atoms with Gasteiger partial charge in [0.1, 0.15) is 0 Å². The first kappa shape index (κ1) is 10.4. The molecule has 0 aliphatic heterocycles. The highest BCUT2D eigenvalue weighted by Crippen LogP contribution is 2.33. The van der Waals surface area contributed by atoms with Crippen molar-refractivity contribution in [2.75, 3.05) is 12.3 Å². The number of hydrogen-bond acceptors (Lipinski definition) is 0. The molecule has 1 heteroatoms. The lowest BCUT2D eigenvalue weighted by Crippen LogP contribution is -1.84. The molecule has 0 aliphatic rings. The fraction of sp³-hybridized carbons (Fsp3) is 0.889. The number of hydrogen-bond donors (Lipinski definition) is 0. The van der Waals surface area contributed by atoms with E-state index in [4.69, 9.17) is 0 Å². The van der Waals surface area contributed by atoms with E-state index in [1.54, 1.807) is 0 Å². The minimum atomic E-state index is 0.155. The van der Waals surface area contributed by atoms with Crippen LogP contribution in [0.4, 0.5) is 0 Å². The second-order valence-electron chi connectivity index (χ2n) is 2.77. The quantitative estimate of drug-likeness (QED) is 0.408. The summed E-state index contributed by atoms with van der Waals surface area (Å²) in [7, 11) is 0.155. The number of rotatable bonds is 6. The molecule has 0 rings (SSSR count). The van der Waals surface area contributed by atoms with Crippen LogP contribution in [0.25, 0.3) is 0 Å². The Hall–Kier alpha value is 0.430. The normalized spacial score (nSPS) is 13.5. The van der Waals surface area contributed by atoms with Crippen molar-refractivity contribution in [3.8, 4) is 0 Å². The Labute approximate surface area is 67.2 Å². The van der Waals surface area contributed by atoms with E-state index in [0.717, 1.165) is 0 Å². The average Bonchev–Trinajstić information content (AvgIpc) is 1.98. The van der Waals surface area contributed by atoms with Crippen LogP contribution >= 0.6 is 7.92 Å². The molecule has 0 N–H and O–H groups in total. The molecule has 0 fully saturated rings. The van der Waals surface area contributed by atoms with Gasteiger partial charge in [-0.3, -0.25) is 0 Å². The molecule has 1 atom stereocenters. The monoisotopic (exact) mass is 159 g/mol. The second-order valence-corrected chi connectivity index (χ2v) is 5.19. The Morgan fingerprint density at radius 1 is 1.10 bits per heavy atom. The van der Waals surface area contributed by atoms with Crippen molar-refractivity contribution in [2.24, 2.45) is 0 Å². The van der Waals surface area contributed by atoms with Crippen LogP contribution in [0.1, 0.15) is 39.5 Å². The molecule has 0 bridgehead atoms. The average molecular weight is 159 g/mol. The van der Waals surface area contributed by atoms with Gasteiger partial charge in [0, 0.05) is 0 Å². The van der Waals surface area contributed by atoms with Crippen LogP contribution in [-0.2, 0) is 0 Å². The molecular formula is C9H20P. The third-order valence-electron chi connectivity index (χ3n) is 1.78. The van der Waals surface area contributed by atoms with E-state index in [9.17, 15) is 0 Å². The van der Waals surface area contributed by atoms with Gasteiger partial charge >= 0.3 is 0 Å². The van der Waals surface area contributed by atoms with Crippen molar-refractivity contribution >= 4 is 7.92 Å². The number of unbranched alkanes of at least 4 members (excludes halogenated alkanes) is 3. The molecule has 1 radical (unpaired) electrons. The Balaban J connectivity index is 2.89. The zero-order valence-corrected chi connectivity index (χ0v) is 8.29. The minimum Gasteiger partial charge on any atom is -0.107 e. The summed E-state index contributed by atoms with van der Waals surface area (Å²) in [5, 5.41) is 0. The van der Waals surface area contributed by atoms with Gasteiger partial charge in [-0.15, -0.1) is 7.92 Å². The molecule has 0 aromatic carbocycles. The van der Waals surface area contributed by atoms with Gasteiger partial charge in [-0.1, -0.05) is 33.1 Å². The van der Waals surface area contributed by atoms with E-state index in [-0.39, 0.29) is 7.92 Å². The first-order valence-electron chi connectivity index (χ1n) is 4.36.